The Morgan fingerprint density at radius 2 is 1.42 bits per heavy atom. The van der Waals surface area contributed by atoms with Gasteiger partial charge in [-0.1, -0.05) is 97.4 Å². The van der Waals surface area contributed by atoms with E-state index < -0.39 is 72.0 Å². The zero-order chi connectivity index (χ0) is 50.4. The molecule has 17 nitrogen and oxygen atoms in total. The van der Waals surface area contributed by atoms with Crippen molar-refractivity contribution in [3.8, 4) is 0 Å². The SMILES string of the molecule is C=C(C)COCCOCCOCC(=O)N(C)C(C(=O)NC(C(=O)N(C)C(C(C)CC)C(CC(=O)N1CCCC1C(OC)C(C)C(=O)NC(Cc1ccccc1)C(=O)OC)OC)C(C)C)C(C)C. The lowest BCUT2D eigenvalue weighted by Crippen LogP contribution is -2.60. The van der Waals surface area contributed by atoms with Gasteiger partial charge in [0.05, 0.1) is 76.8 Å². The molecule has 9 unspecified atom stereocenters. The molecule has 1 aliphatic heterocycles. The number of rotatable bonds is 31. The number of likely N-dealkylation sites (tertiary alicyclic amines) is 1. The van der Waals surface area contributed by atoms with Crippen LogP contribution in [0.25, 0.3) is 0 Å². The van der Waals surface area contributed by atoms with Crippen LogP contribution in [0.3, 0.4) is 0 Å². The molecule has 5 amide bonds. The van der Waals surface area contributed by atoms with Crippen molar-refractivity contribution in [1.29, 1.82) is 0 Å². The summed E-state index contributed by atoms with van der Waals surface area (Å²) in [7, 11) is 7.52. The van der Waals surface area contributed by atoms with E-state index in [2.05, 4.69) is 17.2 Å². The molecular formula is C50H83N5O12. The van der Waals surface area contributed by atoms with Crippen molar-refractivity contribution in [3.05, 3.63) is 48.0 Å². The summed E-state index contributed by atoms with van der Waals surface area (Å²) in [4.78, 5) is 87.4. The molecule has 67 heavy (non-hydrogen) atoms. The lowest BCUT2D eigenvalue weighted by Gasteiger charge is -2.41. The van der Waals surface area contributed by atoms with Crippen LogP contribution >= 0.6 is 0 Å². The topological polar surface area (TPSA) is 192 Å². The van der Waals surface area contributed by atoms with Crippen LogP contribution in [-0.4, -0.2) is 174 Å². The van der Waals surface area contributed by atoms with Gasteiger partial charge in [-0.2, -0.15) is 0 Å². The first-order chi connectivity index (χ1) is 31.7. The Kier molecular flexibility index (Phi) is 26.4. The number of hydrogen-bond acceptors (Lipinski definition) is 12. The fourth-order valence-corrected chi connectivity index (χ4v) is 8.69. The second-order valence-corrected chi connectivity index (χ2v) is 18.5. The molecule has 380 valence electrons. The largest absolute Gasteiger partial charge is 0.467 e. The minimum absolute atomic E-state index is 0.0583. The average Bonchev–Trinajstić information content (AvgIpc) is 3.78. The Hall–Kier alpha value is -4.42. The maximum atomic E-state index is 14.6. The van der Waals surface area contributed by atoms with Crippen LogP contribution in [0.15, 0.2) is 42.5 Å². The van der Waals surface area contributed by atoms with E-state index >= 15 is 0 Å². The average molecular weight is 946 g/mol. The van der Waals surface area contributed by atoms with Gasteiger partial charge in [-0.05, 0) is 43.1 Å². The van der Waals surface area contributed by atoms with Gasteiger partial charge in [-0.25, -0.2) is 4.79 Å². The van der Waals surface area contributed by atoms with Crippen molar-refractivity contribution in [3.63, 3.8) is 0 Å². The monoisotopic (exact) mass is 946 g/mol. The Morgan fingerprint density at radius 3 is 1.96 bits per heavy atom. The summed E-state index contributed by atoms with van der Waals surface area (Å²) in [5.41, 5.74) is 1.78. The van der Waals surface area contributed by atoms with Crippen molar-refractivity contribution in [2.24, 2.45) is 23.7 Å². The van der Waals surface area contributed by atoms with Gasteiger partial charge in [-0.3, -0.25) is 24.0 Å². The highest BCUT2D eigenvalue weighted by molar-refractivity contribution is 5.92. The molecule has 17 heteroatoms. The van der Waals surface area contributed by atoms with Crippen LogP contribution in [0.4, 0.5) is 0 Å². The first-order valence-corrected chi connectivity index (χ1v) is 23.7. The molecule has 0 radical (unpaired) electrons. The molecule has 1 aliphatic rings. The molecule has 1 heterocycles. The number of amides is 5. The van der Waals surface area contributed by atoms with Crippen molar-refractivity contribution in [2.75, 3.05) is 81.6 Å². The maximum Gasteiger partial charge on any atom is 0.328 e. The van der Waals surface area contributed by atoms with Crippen LogP contribution in [0.1, 0.15) is 86.6 Å². The highest BCUT2D eigenvalue weighted by Gasteiger charge is 2.44. The van der Waals surface area contributed by atoms with E-state index in [9.17, 15) is 28.8 Å². The molecule has 1 fully saturated rings. The van der Waals surface area contributed by atoms with E-state index in [4.69, 9.17) is 28.4 Å². The standard InChI is InChI=1S/C50H83N5O12/c1-15-35(8)45(54(11)49(60)43(33(4)5)52-48(59)44(34(6)7)53(10)42(57)31-67-27-25-65-24-26-66-30-32(2)3)40(62-12)29-41(56)55-23-19-22-39(55)46(63-13)36(9)47(58)51-38(50(61)64-14)28-37-20-17-16-18-21-37/h16-18,20-21,33-36,38-40,43-46H,2,15,19,22-31H2,1,3-14H3,(H,51,58)(H,52,59). The van der Waals surface area contributed by atoms with E-state index in [-0.39, 0.29) is 62.2 Å². The van der Waals surface area contributed by atoms with Crippen molar-refractivity contribution in [2.45, 2.75) is 130 Å². The van der Waals surface area contributed by atoms with Gasteiger partial charge < -0.3 is 53.8 Å². The molecule has 1 saturated heterocycles. The number of methoxy groups -OCH3 is 3. The van der Waals surface area contributed by atoms with Gasteiger partial charge in [0.2, 0.25) is 29.5 Å². The van der Waals surface area contributed by atoms with Gasteiger partial charge in [0.15, 0.2) is 0 Å². The van der Waals surface area contributed by atoms with Gasteiger partial charge in [-0.15, -0.1) is 0 Å². The molecule has 0 aliphatic carbocycles. The van der Waals surface area contributed by atoms with E-state index in [1.807, 2.05) is 78.8 Å². The van der Waals surface area contributed by atoms with Crippen molar-refractivity contribution >= 4 is 35.5 Å². The summed E-state index contributed by atoms with van der Waals surface area (Å²) in [6.07, 6.45) is 0.721. The van der Waals surface area contributed by atoms with Crippen LogP contribution in [0.2, 0.25) is 0 Å². The molecule has 2 N–H and O–H groups in total. The molecule has 1 aromatic rings. The van der Waals surface area contributed by atoms with Crippen LogP contribution in [-0.2, 0) is 63.6 Å². The molecule has 1 aromatic carbocycles. The predicted molar refractivity (Wildman–Crippen MR) is 256 cm³/mol. The summed E-state index contributed by atoms with van der Waals surface area (Å²) < 4.78 is 33.5. The fraction of sp³-hybridized carbons (Fsp3) is 0.720. The summed E-state index contributed by atoms with van der Waals surface area (Å²) >= 11 is 0. The number of likely N-dealkylation sites (N-methyl/N-ethyl adjacent to an activating group) is 2. The smallest absolute Gasteiger partial charge is 0.328 e. The third-order valence-corrected chi connectivity index (χ3v) is 12.6. The van der Waals surface area contributed by atoms with Gasteiger partial charge >= 0.3 is 5.97 Å². The van der Waals surface area contributed by atoms with E-state index in [0.717, 1.165) is 11.1 Å². The summed E-state index contributed by atoms with van der Waals surface area (Å²) in [6.45, 7) is 20.6. The van der Waals surface area contributed by atoms with Crippen LogP contribution in [0, 0.1) is 23.7 Å². The van der Waals surface area contributed by atoms with Gasteiger partial charge in [0, 0.05) is 41.3 Å². The summed E-state index contributed by atoms with van der Waals surface area (Å²) in [5, 5.41) is 5.82. The maximum absolute atomic E-state index is 14.6. The number of esters is 1. The molecule has 0 spiro atoms. The molecule has 0 aromatic heterocycles. The summed E-state index contributed by atoms with van der Waals surface area (Å²) in [6, 6.07) is 5.55. The minimum Gasteiger partial charge on any atom is -0.467 e. The number of nitrogens with zero attached hydrogens (tertiary/aromatic N) is 3. The number of carbonyl (C=O) groups excluding carboxylic acids is 6. The molecule has 0 saturated carbocycles. The quantitative estimate of drug-likeness (QED) is 0.0618. The first kappa shape index (κ1) is 58.7. The van der Waals surface area contributed by atoms with Crippen LogP contribution < -0.4 is 10.6 Å². The second kappa shape index (κ2) is 30.1. The van der Waals surface area contributed by atoms with Gasteiger partial charge in [0.25, 0.3) is 0 Å². The Morgan fingerprint density at radius 1 is 0.806 bits per heavy atom. The first-order valence-electron chi connectivity index (χ1n) is 23.7. The highest BCUT2D eigenvalue weighted by atomic mass is 16.5. The summed E-state index contributed by atoms with van der Waals surface area (Å²) in [5.74, 6) is -3.90. The number of ether oxygens (including phenoxy) is 6. The number of carbonyl (C=O) groups is 6. The predicted octanol–water partition coefficient (Wildman–Crippen LogP) is 4.06. The lowest BCUT2D eigenvalue weighted by atomic mass is 9.89. The molecule has 9 atom stereocenters. The minimum atomic E-state index is -0.959. The van der Waals surface area contributed by atoms with Crippen molar-refractivity contribution in [1.82, 2.24) is 25.3 Å². The molecule has 0 bridgehead atoms. The third-order valence-electron chi connectivity index (χ3n) is 12.6. The zero-order valence-corrected chi connectivity index (χ0v) is 42.7. The Labute approximate surface area is 400 Å². The van der Waals surface area contributed by atoms with Crippen molar-refractivity contribution < 1.29 is 57.2 Å². The Bertz CT molecular complexity index is 1710. The van der Waals surface area contributed by atoms with E-state index in [1.165, 1.54) is 26.2 Å². The zero-order valence-electron chi connectivity index (χ0n) is 42.7. The second-order valence-electron chi connectivity index (χ2n) is 18.5. The normalized spacial score (nSPS) is 17.4. The van der Waals surface area contributed by atoms with Gasteiger partial charge in [0.1, 0.15) is 24.7 Å². The van der Waals surface area contributed by atoms with E-state index in [1.54, 1.807) is 30.8 Å². The Balaban J connectivity index is 2.19. The number of hydrogen-bond donors (Lipinski definition) is 2. The lowest BCUT2D eigenvalue weighted by molar-refractivity contribution is -0.149. The highest BCUT2D eigenvalue weighted by Crippen LogP contribution is 2.30. The van der Waals surface area contributed by atoms with E-state index in [0.29, 0.717) is 45.6 Å². The molecular weight excluding hydrogens is 863 g/mol. The van der Waals surface area contributed by atoms with Crippen LogP contribution in [0.5, 0.6) is 0 Å². The molecule has 2 rings (SSSR count). The fourth-order valence-electron chi connectivity index (χ4n) is 8.69. The third kappa shape index (κ3) is 18.2. The number of benzene rings is 1. The number of nitrogens with one attached hydrogen (secondary N) is 2.